The minimum absolute atomic E-state index is 0. The van der Waals surface area contributed by atoms with E-state index in [9.17, 15) is 4.79 Å². The number of methoxy groups -OCH3 is 1. The molecule has 0 aliphatic carbocycles. The fourth-order valence-corrected chi connectivity index (χ4v) is 1.24. The van der Waals surface area contributed by atoms with Crippen LogP contribution < -0.4 is 5.32 Å². The molecule has 1 saturated heterocycles. The van der Waals surface area contributed by atoms with Gasteiger partial charge in [-0.2, -0.15) is 0 Å². The molecule has 78 valence electrons. The van der Waals surface area contributed by atoms with Crippen molar-refractivity contribution in [3.05, 3.63) is 0 Å². The second-order valence-corrected chi connectivity index (χ2v) is 2.93. The molecule has 0 aromatic rings. The van der Waals surface area contributed by atoms with Gasteiger partial charge >= 0.3 is 5.97 Å². The van der Waals surface area contributed by atoms with Crippen molar-refractivity contribution in [2.75, 3.05) is 26.8 Å². The highest BCUT2D eigenvalue weighted by molar-refractivity contribution is 5.85. The second kappa shape index (κ2) is 6.18. The maximum Gasteiger partial charge on any atom is 0.311 e. The lowest BCUT2D eigenvalue weighted by Gasteiger charge is -2.27. The molecule has 5 heteroatoms. The molecule has 1 fully saturated rings. The van der Waals surface area contributed by atoms with Crippen LogP contribution >= 0.6 is 12.4 Å². The Kier molecular flexibility index (Phi) is 6.03. The molecule has 0 spiro atoms. The van der Waals surface area contributed by atoms with E-state index in [0.29, 0.717) is 6.61 Å². The third kappa shape index (κ3) is 3.50. The van der Waals surface area contributed by atoms with E-state index in [1.165, 1.54) is 7.11 Å². The lowest BCUT2D eigenvalue weighted by molar-refractivity contribution is -0.151. The summed E-state index contributed by atoms with van der Waals surface area (Å²) in [5.74, 6) is -0.383. The lowest BCUT2D eigenvalue weighted by atomic mass is 10.0. The number of morpholine rings is 1. The van der Waals surface area contributed by atoms with Gasteiger partial charge in [-0.15, -0.1) is 12.4 Å². The molecule has 2 unspecified atom stereocenters. The molecular weight excluding hydrogens is 194 g/mol. The highest BCUT2D eigenvalue weighted by atomic mass is 35.5. The van der Waals surface area contributed by atoms with Crippen LogP contribution in [0.4, 0.5) is 0 Å². The van der Waals surface area contributed by atoms with E-state index in [2.05, 4.69) is 10.1 Å². The van der Waals surface area contributed by atoms with Crippen LogP contribution in [0.3, 0.4) is 0 Å². The summed E-state index contributed by atoms with van der Waals surface area (Å²) in [6.07, 6.45) is -0.0359. The van der Waals surface area contributed by atoms with Gasteiger partial charge in [-0.3, -0.25) is 4.79 Å². The first kappa shape index (κ1) is 12.7. The SMILES string of the molecule is COC(=O)C(C)C1CNCCO1.Cl. The Balaban J connectivity index is 0.00000144. The Labute approximate surface area is 84.4 Å². The maximum atomic E-state index is 11.1. The predicted octanol–water partition coefficient (Wildman–Crippen LogP) is 0.206. The number of ether oxygens (including phenoxy) is 2. The zero-order chi connectivity index (χ0) is 8.97. The molecule has 4 nitrogen and oxygen atoms in total. The van der Waals surface area contributed by atoms with Crippen LogP contribution in [0.5, 0.6) is 0 Å². The van der Waals surface area contributed by atoms with Crippen molar-refractivity contribution in [1.29, 1.82) is 0 Å². The summed E-state index contributed by atoms with van der Waals surface area (Å²) in [5.41, 5.74) is 0. The van der Waals surface area contributed by atoms with Crippen LogP contribution in [0.25, 0.3) is 0 Å². The first-order valence-corrected chi connectivity index (χ1v) is 4.16. The minimum Gasteiger partial charge on any atom is -0.469 e. The first-order chi connectivity index (χ1) is 5.75. The predicted molar refractivity (Wildman–Crippen MR) is 51.0 cm³/mol. The molecule has 0 saturated carbocycles. The molecule has 1 aliphatic rings. The van der Waals surface area contributed by atoms with Gasteiger partial charge in [-0.25, -0.2) is 0 Å². The van der Waals surface area contributed by atoms with Crippen molar-refractivity contribution >= 4 is 18.4 Å². The smallest absolute Gasteiger partial charge is 0.311 e. The van der Waals surface area contributed by atoms with Crippen LogP contribution in [0.1, 0.15) is 6.92 Å². The minimum atomic E-state index is -0.205. The molecule has 0 aromatic heterocycles. The zero-order valence-electron chi connectivity index (χ0n) is 7.91. The molecule has 1 heterocycles. The maximum absolute atomic E-state index is 11.1. The van der Waals surface area contributed by atoms with Gasteiger partial charge in [0.15, 0.2) is 0 Å². The molecule has 0 aromatic carbocycles. The molecule has 1 rings (SSSR count). The lowest BCUT2D eigenvalue weighted by Crippen LogP contribution is -2.44. The molecule has 2 atom stereocenters. The highest BCUT2D eigenvalue weighted by Crippen LogP contribution is 2.10. The van der Waals surface area contributed by atoms with Gasteiger partial charge in [0.2, 0.25) is 0 Å². The van der Waals surface area contributed by atoms with Crippen molar-refractivity contribution in [2.24, 2.45) is 5.92 Å². The van der Waals surface area contributed by atoms with Gasteiger partial charge in [0.25, 0.3) is 0 Å². The van der Waals surface area contributed by atoms with Gasteiger partial charge in [0, 0.05) is 13.1 Å². The largest absolute Gasteiger partial charge is 0.469 e. The molecule has 13 heavy (non-hydrogen) atoms. The monoisotopic (exact) mass is 209 g/mol. The number of esters is 1. The topological polar surface area (TPSA) is 47.6 Å². The number of hydrogen-bond donors (Lipinski definition) is 1. The van der Waals surface area contributed by atoms with Gasteiger partial charge in [0.1, 0.15) is 0 Å². The second-order valence-electron chi connectivity index (χ2n) is 2.93. The first-order valence-electron chi connectivity index (χ1n) is 4.16. The Morgan fingerprint density at radius 2 is 2.38 bits per heavy atom. The van der Waals surface area contributed by atoms with E-state index >= 15 is 0 Å². The van der Waals surface area contributed by atoms with Gasteiger partial charge < -0.3 is 14.8 Å². The summed E-state index contributed by atoms with van der Waals surface area (Å²) >= 11 is 0. The van der Waals surface area contributed by atoms with E-state index < -0.39 is 0 Å². The van der Waals surface area contributed by atoms with Gasteiger partial charge in [-0.05, 0) is 6.92 Å². The van der Waals surface area contributed by atoms with E-state index in [-0.39, 0.29) is 30.4 Å². The van der Waals surface area contributed by atoms with Crippen LogP contribution in [0, 0.1) is 5.92 Å². The number of carbonyl (C=O) groups is 1. The van der Waals surface area contributed by atoms with Gasteiger partial charge in [0.05, 0.1) is 25.7 Å². The van der Waals surface area contributed by atoms with Crippen molar-refractivity contribution < 1.29 is 14.3 Å². The number of rotatable bonds is 2. The number of hydrogen-bond acceptors (Lipinski definition) is 4. The average molecular weight is 210 g/mol. The summed E-state index contributed by atoms with van der Waals surface area (Å²) in [7, 11) is 1.40. The van der Waals surface area contributed by atoms with E-state index in [1.807, 2.05) is 6.92 Å². The molecule has 0 amide bonds. The van der Waals surface area contributed by atoms with Crippen LogP contribution in [-0.2, 0) is 14.3 Å². The average Bonchev–Trinajstić information content (AvgIpc) is 2.17. The highest BCUT2D eigenvalue weighted by Gasteiger charge is 2.26. The van der Waals surface area contributed by atoms with Crippen molar-refractivity contribution in [3.8, 4) is 0 Å². The van der Waals surface area contributed by atoms with Crippen LogP contribution in [0.15, 0.2) is 0 Å². The Morgan fingerprint density at radius 1 is 1.69 bits per heavy atom. The van der Waals surface area contributed by atoms with E-state index in [4.69, 9.17) is 4.74 Å². The molecule has 1 N–H and O–H groups in total. The molecular formula is C8H16ClNO3. The summed E-state index contributed by atoms with van der Waals surface area (Å²) in [6, 6.07) is 0. The standard InChI is InChI=1S/C8H15NO3.ClH/c1-6(8(10)11-2)7-5-9-3-4-12-7;/h6-7,9H,3-5H2,1-2H3;1H. The van der Waals surface area contributed by atoms with Gasteiger partial charge in [-0.1, -0.05) is 0 Å². The Bertz CT molecular complexity index is 159. The third-order valence-corrected chi connectivity index (χ3v) is 2.09. The number of halogens is 1. The summed E-state index contributed by atoms with van der Waals surface area (Å²) < 4.78 is 10.0. The van der Waals surface area contributed by atoms with Crippen molar-refractivity contribution in [1.82, 2.24) is 5.32 Å². The molecule has 0 bridgehead atoms. The van der Waals surface area contributed by atoms with E-state index in [0.717, 1.165) is 13.1 Å². The summed E-state index contributed by atoms with van der Waals surface area (Å²) in [5, 5.41) is 3.16. The number of nitrogens with one attached hydrogen (secondary N) is 1. The Morgan fingerprint density at radius 3 is 2.85 bits per heavy atom. The fourth-order valence-electron chi connectivity index (χ4n) is 1.24. The van der Waals surface area contributed by atoms with Crippen LogP contribution in [0.2, 0.25) is 0 Å². The fraction of sp³-hybridized carbons (Fsp3) is 0.875. The zero-order valence-corrected chi connectivity index (χ0v) is 8.73. The molecule has 1 aliphatic heterocycles. The Hall–Kier alpha value is -0.320. The molecule has 0 radical (unpaired) electrons. The quantitative estimate of drug-likeness (QED) is 0.661. The van der Waals surface area contributed by atoms with Crippen molar-refractivity contribution in [2.45, 2.75) is 13.0 Å². The number of carbonyl (C=O) groups excluding carboxylic acids is 1. The third-order valence-electron chi connectivity index (χ3n) is 2.09. The van der Waals surface area contributed by atoms with Crippen LogP contribution in [-0.4, -0.2) is 38.9 Å². The summed E-state index contributed by atoms with van der Waals surface area (Å²) in [6.45, 7) is 4.09. The summed E-state index contributed by atoms with van der Waals surface area (Å²) in [4.78, 5) is 11.1. The van der Waals surface area contributed by atoms with Crippen molar-refractivity contribution in [3.63, 3.8) is 0 Å². The van der Waals surface area contributed by atoms with E-state index in [1.54, 1.807) is 0 Å². The normalized spacial score (nSPS) is 24.3.